The molecule has 2 N–H and O–H groups in total. The molecule has 0 bridgehead atoms. The van der Waals surface area contributed by atoms with Crippen molar-refractivity contribution >= 4 is 16.4 Å². The molecule has 2 heterocycles. The number of fused-ring (bicyclic) bond motifs is 3. The highest BCUT2D eigenvalue weighted by atomic mass is 15.0. The van der Waals surface area contributed by atoms with Crippen molar-refractivity contribution < 1.29 is 0 Å². The standard InChI is InChI=1S/C13H13N3/c14-7-5-11-9-15-13-12-4-2-1-3-10(12)6-8-16(11)13/h1-4,6,8-9H,5,7,14H2. The third-order valence-corrected chi connectivity index (χ3v) is 2.88. The third-order valence-electron chi connectivity index (χ3n) is 2.88. The van der Waals surface area contributed by atoms with Crippen molar-refractivity contribution in [2.75, 3.05) is 6.54 Å². The third kappa shape index (κ3) is 1.29. The van der Waals surface area contributed by atoms with Gasteiger partial charge in [-0.25, -0.2) is 4.98 Å². The van der Waals surface area contributed by atoms with E-state index >= 15 is 0 Å². The molecule has 1 aromatic carbocycles. The second kappa shape index (κ2) is 3.61. The van der Waals surface area contributed by atoms with Crippen LogP contribution < -0.4 is 5.73 Å². The van der Waals surface area contributed by atoms with Crippen LogP contribution in [0.2, 0.25) is 0 Å². The van der Waals surface area contributed by atoms with E-state index in [-0.39, 0.29) is 0 Å². The summed E-state index contributed by atoms with van der Waals surface area (Å²) in [5, 5.41) is 2.41. The number of rotatable bonds is 2. The lowest BCUT2D eigenvalue weighted by molar-refractivity contribution is 0.906. The van der Waals surface area contributed by atoms with Gasteiger partial charge >= 0.3 is 0 Å². The summed E-state index contributed by atoms with van der Waals surface area (Å²) >= 11 is 0. The Morgan fingerprint density at radius 2 is 2.06 bits per heavy atom. The fraction of sp³-hybridized carbons (Fsp3) is 0.154. The van der Waals surface area contributed by atoms with Gasteiger partial charge < -0.3 is 10.1 Å². The van der Waals surface area contributed by atoms with Crippen molar-refractivity contribution in [2.45, 2.75) is 6.42 Å². The minimum atomic E-state index is 0.653. The van der Waals surface area contributed by atoms with E-state index in [4.69, 9.17) is 5.73 Å². The van der Waals surface area contributed by atoms with E-state index in [9.17, 15) is 0 Å². The van der Waals surface area contributed by atoms with Crippen molar-refractivity contribution in [3.63, 3.8) is 0 Å². The van der Waals surface area contributed by atoms with Gasteiger partial charge in [0.2, 0.25) is 0 Å². The summed E-state index contributed by atoms with van der Waals surface area (Å²) in [6.45, 7) is 0.653. The summed E-state index contributed by atoms with van der Waals surface area (Å²) in [4.78, 5) is 4.47. The maximum atomic E-state index is 5.58. The molecule has 2 aromatic heterocycles. The first kappa shape index (κ1) is 9.36. The molecule has 3 rings (SSSR count). The van der Waals surface area contributed by atoms with E-state index in [1.807, 2.05) is 18.3 Å². The highest BCUT2D eigenvalue weighted by Crippen LogP contribution is 2.19. The van der Waals surface area contributed by atoms with Gasteiger partial charge in [-0.05, 0) is 18.0 Å². The molecular formula is C13H13N3. The summed E-state index contributed by atoms with van der Waals surface area (Å²) in [7, 11) is 0. The molecular weight excluding hydrogens is 198 g/mol. The normalized spacial score (nSPS) is 11.3. The lowest BCUT2D eigenvalue weighted by Gasteiger charge is -2.02. The van der Waals surface area contributed by atoms with Gasteiger partial charge in [0.25, 0.3) is 0 Å². The summed E-state index contributed by atoms with van der Waals surface area (Å²) in [6, 6.07) is 10.4. The molecule has 0 radical (unpaired) electrons. The van der Waals surface area contributed by atoms with Crippen LogP contribution in [0.25, 0.3) is 16.4 Å². The van der Waals surface area contributed by atoms with Crippen LogP contribution in [0, 0.1) is 0 Å². The van der Waals surface area contributed by atoms with E-state index in [2.05, 4.69) is 33.8 Å². The average molecular weight is 211 g/mol. The Balaban J connectivity index is 2.36. The molecule has 3 heteroatoms. The second-order valence-electron chi connectivity index (χ2n) is 3.88. The van der Waals surface area contributed by atoms with Crippen molar-refractivity contribution in [1.29, 1.82) is 0 Å². The van der Waals surface area contributed by atoms with Crippen LogP contribution in [0.3, 0.4) is 0 Å². The molecule has 0 aliphatic carbocycles. The van der Waals surface area contributed by atoms with E-state index in [0.717, 1.165) is 12.1 Å². The predicted molar refractivity (Wildman–Crippen MR) is 65.5 cm³/mol. The smallest absolute Gasteiger partial charge is 0.144 e. The molecule has 0 spiro atoms. The fourth-order valence-electron chi connectivity index (χ4n) is 2.10. The zero-order chi connectivity index (χ0) is 11.0. The largest absolute Gasteiger partial charge is 0.330 e. The van der Waals surface area contributed by atoms with Crippen LogP contribution >= 0.6 is 0 Å². The first-order valence-corrected chi connectivity index (χ1v) is 5.44. The van der Waals surface area contributed by atoms with E-state index in [0.29, 0.717) is 6.54 Å². The molecule has 0 atom stereocenters. The number of imidazole rings is 1. The van der Waals surface area contributed by atoms with Crippen LogP contribution in [0.5, 0.6) is 0 Å². The van der Waals surface area contributed by atoms with Gasteiger partial charge in [-0.3, -0.25) is 0 Å². The van der Waals surface area contributed by atoms with Gasteiger partial charge in [-0.2, -0.15) is 0 Å². The van der Waals surface area contributed by atoms with E-state index in [1.54, 1.807) is 0 Å². The van der Waals surface area contributed by atoms with Gasteiger partial charge in [0, 0.05) is 29.9 Å². The molecule has 0 aliphatic rings. The maximum absolute atomic E-state index is 5.58. The minimum Gasteiger partial charge on any atom is -0.330 e. The second-order valence-corrected chi connectivity index (χ2v) is 3.88. The monoisotopic (exact) mass is 211 g/mol. The van der Waals surface area contributed by atoms with Crippen LogP contribution in [0.4, 0.5) is 0 Å². The summed E-state index contributed by atoms with van der Waals surface area (Å²) in [5.41, 5.74) is 7.77. The Morgan fingerprint density at radius 3 is 2.94 bits per heavy atom. The Bertz CT molecular complexity index is 640. The van der Waals surface area contributed by atoms with Crippen molar-refractivity contribution in [3.8, 4) is 0 Å². The van der Waals surface area contributed by atoms with Gasteiger partial charge in [-0.15, -0.1) is 0 Å². The lowest BCUT2D eigenvalue weighted by atomic mass is 10.2. The Morgan fingerprint density at radius 1 is 1.19 bits per heavy atom. The molecule has 0 aliphatic heterocycles. The molecule has 0 saturated heterocycles. The molecule has 0 unspecified atom stereocenters. The van der Waals surface area contributed by atoms with Crippen molar-refractivity contribution in [1.82, 2.24) is 9.38 Å². The van der Waals surface area contributed by atoms with Crippen molar-refractivity contribution in [2.24, 2.45) is 5.73 Å². The first-order chi connectivity index (χ1) is 7.90. The Kier molecular flexibility index (Phi) is 2.11. The van der Waals surface area contributed by atoms with Gasteiger partial charge in [0.15, 0.2) is 0 Å². The maximum Gasteiger partial charge on any atom is 0.144 e. The van der Waals surface area contributed by atoms with Crippen LogP contribution in [-0.4, -0.2) is 15.9 Å². The fourth-order valence-corrected chi connectivity index (χ4v) is 2.10. The highest BCUT2D eigenvalue weighted by Gasteiger charge is 2.05. The number of nitrogens with two attached hydrogens (primary N) is 1. The molecule has 0 fully saturated rings. The number of benzene rings is 1. The number of hydrogen-bond acceptors (Lipinski definition) is 2. The molecule has 16 heavy (non-hydrogen) atoms. The molecule has 0 amide bonds. The SMILES string of the molecule is NCCc1cnc2c3ccccc3ccn12. The Hall–Kier alpha value is -1.87. The lowest BCUT2D eigenvalue weighted by Crippen LogP contribution is -2.04. The number of hydrogen-bond donors (Lipinski definition) is 1. The summed E-state index contributed by atoms with van der Waals surface area (Å²) in [5.74, 6) is 0. The number of aromatic nitrogens is 2. The zero-order valence-electron chi connectivity index (χ0n) is 8.93. The zero-order valence-corrected chi connectivity index (χ0v) is 8.93. The molecule has 3 aromatic rings. The minimum absolute atomic E-state index is 0.653. The number of pyridine rings is 1. The molecule has 0 saturated carbocycles. The molecule has 80 valence electrons. The Labute approximate surface area is 93.5 Å². The topological polar surface area (TPSA) is 43.3 Å². The van der Waals surface area contributed by atoms with Gasteiger partial charge in [0.1, 0.15) is 5.65 Å². The van der Waals surface area contributed by atoms with E-state index in [1.165, 1.54) is 16.5 Å². The van der Waals surface area contributed by atoms with E-state index < -0.39 is 0 Å². The van der Waals surface area contributed by atoms with Crippen LogP contribution in [-0.2, 0) is 6.42 Å². The average Bonchev–Trinajstić information content (AvgIpc) is 2.73. The van der Waals surface area contributed by atoms with Gasteiger partial charge in [-0.1, -0.05) is 24.3 Å². The molecule has 3 nitrogen and oxygen atoms in total. The predicted octanol–water partition coefficient (Wildman–Crippen LogP) is 1.99. The summed E-state index contributed by atoms with van der Waals surface area (Å²) < 4.78 is 2.12. The quantitative estimate of drug-likeness (QED) is 0.704. The van der Waals surface area contributed by atoms with Gasteiger partial charge in [0.05, 0.1) is 0 Å². The number of nitrogens with zero attached hydrogens (tertiary/aromatic N) is 2. The first-order valence-electron chi connectivity index (χ1n) is 5.44. The van der Waals surface area contributed by atoms with Crippen LogP contribution in [0.15, 0.2) is 42.7 Å². The van der Waals surface area contributed by atoms with Crippen molar-refractivity contribution in [3.05, 3.63) is 48.4 Å². The van der Waals surface area contributed by atoms with Crippen LogP contribution in [0.1, 0.15) is 5.69 Å². The summed E-state index contributed by atoms with van der Waals surface area (Å²) in [6.07, 6.45) is 4.84. The highest BCUT2D eigenvalue weighted by molar-refractivity contribution is 5.93.